The maximum absolute atomic E-state index is 13.2. The van der Waals surface area contributed by atoms with E-state index in [1.807, 2.05) is 25.1 Å². The molecule has 5 nitrogen and oxygen atoms in total. The van der Waals surface area contributed by atoms with Crippen LogP contribution in [0.4, 0.5) is 15.8 Å². The summed E-state index contributed by atoms with van der Waals surface area (Å²) < 4.78 is 13.2. The fourth-order valence-corrected chi connectivity index (χ4v) is 3.43. The Morgan fingerprint density at radius 1 is 1.11 bits per heavy atom. The van der Waals surface area contributed by atoms with Crippen molar-refractivity contribution in [3.8, 4) is 0 Å². The van der Waals surface area contributed by atoms with Crippen LogP contribution in [0.2, 0.25) is 0 Å². The van der Waals surface area contributed by atoms with Gasteiger partial charge in [-0.1, -0.05) is 18.2 Å². The summed E-state index contributed by atoms with van der Waals surface area (Å²) in [5.74, 6) is -0.465. The summed E-state index contributed by atoms with van der Waals surface area (Å²) in [6.45, 7) is 5.65. The number of halogens is 1. The maximum atomic E-state index is 13.2. The fraction of sp³-hybridized carbons (Fsp3) is 0.300. The fourth-order valence-electron chi connectivity index (χ4n) is 3.13. The zero-order chi connectivity index (χ0) is 19.2. The standard InChI is InChI=1S/C20H23FN4OS/c1-15-4-2-6-17(12-15)23-20(27)25-10-8-24(9-11-25)14-19(26)22-18-7-3-5-16(21)13-18/h2-7,12-13H,8-11,14H2,1H3,(H,22,26)(H,23,27)/p+1. The molecule has 3 rings (SSSR count). The number of rotatable bonds is 4. The van der Waals surface area contributed by atoms with Gasteiger partial charge >= 0.3 is 0 Å². The maximum Gasteiger partial charge on any atom is 0.279 e. The van der Waals surface area contributed by atoms with Gasteiger partial charge in [0.1, 0.15) is 5.82 Å². The minimum Gasteiger partial charge on any atom is -0.338 e. The molecule has 0 radical (unpaired) electrons. The number of benzene rings is 2. The van der Waals surface area contributed by atoms with Crippen LogP contribution in [0.25, 0.3) is 0 Å². The van der Waals surface area contributed by atoms with Crippen LogP contribution in [0.5, 0.6) is 0 Å². The first-order chi connectivity index (χ1) is 13.0. The summed E-state index contributed by atoms with van der Waals surface area (Å²) in [7, 11) is 0. The first-order valence-electron chi connectivity index (χ1n) is 9.01. The van der Waals surface area contributed by atoms with E-state index < -0.39 is 0 Å². The van der Waals surface area contributed by atoms with Crippen molar-refractivity contribution in [3.05, 3.63) is 59.9 Å². The molecule has 2 aromatic carbocycles. The molecule has 0 spiro atoms. The Balaban J connectivity index is 1.44. The van der Waals surface area contributed by atoms with Crippen molar-refractivity contribution < 1.29 is 14.1 Å². The number of aryl methyl sites for hydroxylation is 1. The highest BCUT2D eigenvalue weighted by molar-refractivity contribution is 7.80. The Morgan fingerprint density at radius 2 is 1.78 bits per heavy atom. The molecule has 0 atom stereocenters. The number of quaternary nitrogens is 1. The number of piperazine rings is 1. The van der Waals surface area contributed by atoms with Crippen LogP contribution >= 0.6 is 12.2 Å². The van der Waals surface area contributed by atoms with Crippen LogP contribution in [0, 0.1) is 12.7 Å². The first kappa shape index (κ1) is 19.3. The molecule has 7 heteroatoms. The van der Waals surface area contributed by atoms with E-state index in [4.69, 9.17) is 12.2 Å². The molecule has 1 aliphatic heterocycles. The Labute approximate surface area is 164 Å². The predicted octanol–water partition coefficient (Wildman–Crippen LogP) is 1.67. The molecule has 0 unspecified atom stereocenters. The minimum absolute atomic E-state index is 0.107. The van der Waals surface area contributed by atoms with E-state index in [1.165, 1.54) is 22.6 Å². The molecular weight excluding hydrogens is 363 g/mol. The number of thiocarbonyl (C=S) groups is 1. The highest BCUT2D eigenvalue weighted by atomic mass is 32.1. The summed E-state index contributed by atoms with van der Waals surface area (Å²) in [4.78, 5) is 15.5. The summed E-state index contributed by atoms with van der Waals surface area (Å²) in [6.07, 6.45) is 0. The largest absolute Gasteiger partial charge is 0.338 e. The second kappa shape index (κ2) is 8.92. The van der Waals surface area contributed by atoms with Gasteiger partial charge in [0, 0.05) is 11.4 Å². The van der Waals surface area contributed by atoms with Gasteiger partial charge in [0.25, 0.3) is 5.91 Å². The predicted molar refractivity (Wildman–Crippen MR) is 110 cm³/mol. The van der Waals surface area contributed by atoms with Gasteiger partial charge in [-0.05, 0) is 55.0 Å². The van der Waals surface area contributed by atoms with Gasteiger partial charge in [0.15, 0.2) is 11.7 Å². The molecule has 0 bridgehead atoms. The van der Waals surface area contributed by atoms with E-state index in [1.54, 1.807) is 12.1 Å². The third kappa shape index (κ3) is 5.74. The van der Waals surface area contributed by atoms with E-state index in [0.717, 1.165) is 31.9 Å². The Kier molecular flexibility index (Phi) is 6.36. The number of hydrogen-bond donors (Lipinski definition) is 3. The number of nitrogens with zero attached hydrogens (tertiary/aromatic N) is 1. The topological polar surface area (TPSA) is 48.8 Å². The molecule has 27 heavy (non-hydrogen) atoms. The normalized spacial score (nSPS) is 14.7. The van der Waals surface area contributed by atoms with Crippen molar-refractivity contribution in [1.29, 1.82) is 0 Å². The number of anilines is 2. The van der Waals surface area contributed by atoms with Gasteiger partial charge in [0.2, 0.25) is 0 Å². The molecule has 1 saturated heterocycles. The highest BCUT2D eigenvalue weighted by Crippen LogP contribution is 2.11. The summed E-state index contributed by atoms with van der Waals surface area (Å²) in [6, 6.07) is 14.0. The second-order valence-electron chi connectivity index (χ2n) is 6.77. The lowest BCUT2D eigenvalue weighted by molar-refractivity contribution is -0.895. The van der Waals surface area contributed by atoms with Crippen molar-refractivity contribution in [2.45, 2.75) is 6.92 Å². The number of carbonyl (C=O) groups excluding carboxylic acids is 1. The molecular formula is C20H24FN4OS+. The third-order valence-corrected chi connectivity index (χ3v) is 4.91. The molecule has 2 aromatic rings. The molecule has 1 heterocycles. The van der Waals surface area contributed by atoms with Crippen LogP contribution in [0.15, 0.2) is 48.5 Å². The summed E-state index contributed by atoms with van der Waals surface area (Å²) in [5.41, 5.74) is 2.66. The Morgan fingerprint density at radius 3 is 2.44 bits per heavy atom. The van der Waals surface area contributed by atoms with Crippen LogP contribution in [-0.4, -0.2) is 48.6 Å². The summed E-state index contributed by atoms with van der Waals surface area (Å²) in [5, 5.41) is 6.74. The van der Waals surface area contributed by atoms with Crippen molar-refractivity contribution in [3.63, 3.8) is 0 Å². The second-order valence-corrected chi connectivity index (χ2v) is 7.16. The van der Waals surface area contributed by atoms with Crippen LogP contribution in [-0.2, 0) is 4.79 Å². The smallest absolute Gasteiger partial charge is 0.279 e. The quantitative estimate of drug-likeness (QED) is 0.699. The van der Waals surface area contributed by atoms with Gasteiger partial charge < -0.3 is 20.4 Å². The van der Waals surface area contributed by atoms with E-state index in [0.29, 0.717) is 17.3 Å². The highest BCUT2D eigenvalue weighted by Gasteiger charge is 2.23. The molecule has 0 aliphatic carbocycles. The van der Waals surface area contributed by atoms with Gasteiger partial charge in [-0.25, -0.2) is 4.39 Å². The SMILES string of the molecule is Cc1cccc(NC(=S)N2CC[NH+](CC(=O)Nc3cccc(F)c3)CC2)c1. The average Bonchev–Trinajstić information content (AvgIpc) is 2.62. The lowest BCUT2D eigenvalue weighted by atomic mass is 10.2. The van der Waals surface area contributed by atoms with E-state index in [-0.39, 0.29) is 11.7 Å². The van der Waals surface area contributed by atoms with Crippen LogP contribution in [0.3, 0.4) is 0 Å². The van der Waals surface area contributed by atoms with E-state index >= 15 is 0 Å². The minimum atomic E-state index is -0.358. The van der Waals surface area contributed by atoms with Gasteiger partial charge in [-0.2, -0.15) is 0 Å². The number of hydrogen-bond acceptors (Lipinski definition) is 2. The van der Waals surface area contributed by atoms with Crippen LogP contribution < -0.4 is 15.5 Å². The number of nitrogens with one attached hydrogen (secondary N) is 3. The third-order valence-electron chi connectivity index (χ3n) is 4.55. The number of carbonyl (C=O) groups is 1. The zero-order valence-electron chi connectivity index (χ0n) is 15.3. The molecule has 3 N–H and O–H groups in total. The van der Waals surface area contributed by atoms with Crippen molar-refractivity contribution in [2.24, 2.45) is 0 Å². The van der Waals surface area contributed by atoms with Crippen molar-refractivity contribution >= 4 is 34.6 Å². The lowest BCUT2D eigenvalue weighted by Crippen LogP contribution is -3.15. The number of amides is 1. The van der Waals surface area contributed by atoms with Gasteiger partial charge in [0.05, 0.1) is 26.2 Å². The molecule has 0 aromatic heterocycles. The van der Waals surface area contributed by atoms with Crippen LogP contribution in [0.1, 0.15) is 5.56 Å². The Hall–Kier alpha value is -2.51. The van der Waals surface area contributed by atoms with Gasteiger partial charge in [-0.15, -0.1) is 0 Å². The van der Waals surface area contributed by atoms with Crippen molar-refractivity contribution in [1.82, 2.24) is 4.90 Å². The lowest BCUT2D eigenvalue weighted by Gasteiger charge is -2.33. The molecule has 142 valence electrons. The van der Waals surface area contributed by atoms with Gasteiger partial charge in [-0.3, -0.25) is 4.79 Å². The monoisotopic (exact) mass is 387 g/mol. The first-order valence-corrected chi connectivity index (χ1v) is 9.42. The van der Waals surface area contributed by atoms with Crippen molar-refractivity contribution in [2.75, 3.05) is 43.4 Å². The molecule has 0 saturated carbocycles. The molecule has 1 aliphatic rings. The molecule has 1 fully saturated rings. The summed E-state index contributed by atoms with van der Waals surface area (Å²) >= 11 is 5.52. The van der Waals surface area contributed by atoms with E-state index in [9.17, 15) is 9.18 Å². The zero-order valence-corrected chi connectivity index (χ0v) is 16.1. The average molecular weight is 388 g/mol. The molecule has 1 amide bonds. The van der Waals surface area contributed by atoms with E-state index in [2.05, 4.69) is 21.6 Å². The Bertz CT molecular complexity index is 821.